The first-order valence-electron chi connectivity index (χ1n) is 8.03. The quantitative estimate of drug-likeness (QED) is 0.830. The Morgan fingerprint density at radius 3 is 2.75 bits per heavy atom. The van der Waals surface area contributed by atoms with Crippen molar-refractivity contribution in [1.82, 2.24) is 4.90 Å². The largest absolute Gasteiger partial charge is 0.334 e. The van der Waals surface area contributed by atoms with Gasteiger partial charge in [0, 0.05) is 22.7 Å². The molecule has 1 fully saturated rings. The van der Waals surface area contributed by atoms with Gasteiger partial charge >= 0.3 is 0 Å². The third-order valence-electron chi connectivity index (χ3n) is 4.47. The normalized spacial score (nSPS) is 19.7. The molecular weight excluding hydrogens is 349 g/mol. The highest BCUT2D eigenvalue weighted by molar-refractivity contribution is 7.91. The van der Waals surface area contributed by atoms with E-state index in [4.69, 9.17) is 0 Å². The van der Waals surface area contributed by atoms with Gasteiger partial charge in [0.2, 0.25) is 0 Å². The van der Waals surface area contributed by atoms with Gasteiger partial charge in [-0.05, 0) is 37.5 Å². The second-order valence-electron chi connectivity index (χ2n) is 6.22. The molecule has 1 saturated heterocycles. The molecule has 3 rings (SSSR count). The molecule has 0 radical (unpaired) electrons. The first-order chi connectivity index (χ1) is 11.3. The minimum Gasteiger partial charge on any atom is -0.334 e. The second kappa shape index (κ2) is 6.44. The Balaban J connectivity index is 1.99. The number of hydrogen-bond acceptors (Lipinski definition) is 4. The van der Waals surface area contributed by atoms with Crippen LogP contribution in [0, 0.1) is 12.7 Å². The molecular formula is C17H20FNO3S2. The van der Waals surface area contributed by atoms with Crippen LogP contribution in [0.25, 0.3) is 10.1 Å². The maximum Gasteiger partial charge on any atom is 0.264 e. The van der Waals surface area contributed by atoms with Crippen molar-refractivity contribution in [3.8, 4) is 0 Å². The van der Waals surface area contributed by atoms with E-state index < -0.39 is 9.84 Å². The SMILES string of the molecule is CCCN(C(=O)c1sc2cccc(F)c2c1C)C1CCS(=O)(=O)C1. The average Bonchev–Trinajstić information content (AvgIpc) is 3.05. The maximum absolute atomic E-state index is 14.1. The zero-order valence-electron chi connectivity index (χ0n) is 13.7. The standard InChI is InChI=1S/C17H20FNO3S2/c1-3-8-19(12-7-9-24(21,22)10-12)17(20)16-11(2)15-13(18)5-4-6-14(15)23-16/h4-6,12H,3,7-10H2,1-2H3. The third kappa shape index (κ3) is 3.07. The number of sulfone groups is 1. The molecule has 0 N–H and O–H groups in total. The van der Waals surface area contributed by atoms with E-state index in [1.165, 1.54) is 17.4 Å². The van der Waals surface area contributed by atoms with E-state index in [9.17, 15) is 17.6 Å². The molecule has 0 saturated carbocycles. The van der Waals surface area contributed by atoms with E-state index in [0.717, 1.165) is 11.1 Å². The van der Waals surface area contributed by atoms with Gasteiger partial charge in [-0.2, -0.15) is 0 Å². The fourth-order valence-corrected chi connectivity index (χ4v) is 6.21. The zero-order valence-corrected chi connectivity index (χ0v) is 15.3. The molecule has 4 nitrogen and oxygen atoms in total. The fourth-order valence-electron chi connectivity index (χ4n) is 3.30. The molecule has 24 heavy (non-hydrogen) atoms. The smallest absolute Gasteiger partial charge is 0.264 e. The van der Waals surface area contributed by atoms with Gasteiger partial charge in [0.15, 0.2) is 9.84 Å². The van der Waals surface area contributed by atoms with Crippen LogP contribution < -0.4 is 0 Å². The number of hydrogen-bond donors (Lipinski definition) is 0. The van der Waals surface area contributed by atoms with Crippen molar-refractivity contribution in [2.75, 3.05) is 18.1 Å². The van der Waals surface area contributed by atoms with E-state index in [-0.39, 0.29) is 29.3 Å². The molecule has 0 bridgehead atoms. The minimum absolute atomic E-state index is 0.0248. The highest BCUT2D eigenvalue weighted by atomic mass is 32.2. The lowest BCUT2D eigenvalue weighted by molar-refractivity contribution is 0.0701. The predicted octanol–water partition coefficient (Wildman–Crippen LogP) is 3.39. The fraction of sp³-hybridized carbons (Fsp3) is 0.471. The van der Waals surface area contributed by atoms with Gasteiger partial charge in [0.25, 0.3) is 5.91 Å². The van der Waals surface area contributed by atoms with Crippen LogP contribution in [0.1, 0.15) is 35.0 Å². The summed E-state index contributed by atoms with van der Waals surface area (Å²) in [6.07, 6.45) is 1.23. The van der Waals surface area contributed by atoms with Crippen LogP contribution in [0.4, 0.5) is 4.39 Å². The number of nitrogens with zero attached hydrogens (tertiary/aromatic N) is 1. The number of carbonyl (C=O) groups excluding carboxylic acids is 1. The molecule has 1 unspecified atom stereocenters. The van der Waals surface area contributed by atoms with Crippen molar-refractivity contribution in [2.45, 2.75) is 32.7 Å². The first kappa shape index (κ1) is 17.4. The second-order valence-corrected chi connectivity index (χ2v) is 9.51. The lowest BCUT2D eigenvalue weighted by Gasteiger charge is -2.27. The Morgan fingerprint density at radius 2 is 2.17 bits per heavy atom. The van der Waals surface area contributed by atoms with Crippen molar-refractivity contribution in [2.24, 2.45) is 0 Å². The van der Waals surface area contributed by atoms with Crippen LogP contribution >= 0.6 is 11.3 Å². The summed E-state index contributed by atoms with van der Waals surface area (Å²) in [5, 5.41) is 0.487. The highest BCUT2D eigenvalue weighted by Crippen LogP contribution is 2.34. The molecule has 1 amide bonds. The molecule has 0 spiro atoms. The van der Waals surface area contributed by atoms with Crippen molar-refractivity contribution >= 4 is 37.2 Å². The van der Waals surface area contributed by atoms with Crippen LogP contribution in [-0.2, 0) is 9.84 Å². The minimum atomic E-state index is -3.07. The Kier molecular flexibility index (Phi) is 4.66. The van der Waals surface area contributed by atoms with Crippen LogP contribution in [0.5, 0.6) is 0 Å². The Labute approximate surface area is 145 Å². The summed E-state index contributed by atoms with van der Waals surface area (Å²) < 4.78 is 38.4. The molecule has 2 aromatic rings. The van der Waals surface area contributed by atoms with Crippen LogP contribution in [0.3, 0.4) is 0 Å². The summed E-state index contributed by atoms with van der Waals surface area (Å²) in [5.74, 6) is -0.356. The van der Waals surface area contributed by atoms with Crippen LogP contribution in [-0.4, -0.2) is 43.3 Å². The first-order valence-corrected chi connectivity index (χ1v) is 10.7. The molecule has 1 atom stereocenters. The van der Waals surface area contributed by atoms with Gasteiger partial charge < -0.3 is 4.90 Å². The maximum atomic E-state index is 14.1. The number of aryl methyl sites for hydroxylation is 1. The molecule has 0 aliphatic carbocycles. The topological polar surface area (TPSA) is 54.5 Å². The molecule has 130 valence electrons. The number of carbonyl (C=O) groups is 1. The number of thiophene rings is 1. The van der Waals surface area contributed by atoms with E-state index in [2.05, 4.69) is 0 Å². The molecule has 7 heteroatoms. The van der Waals surface area contributed by atoms with Gasteiger partial charge in [0.1, 0.15) is 5.82 Å². The lowest BCUT2D eigenvalue weighted by Crippen LogP contribution is -2.41. The molecule has 1 aliphatic heterocycles. The monoisotopic (exact) mass is 369 g/mol. The predicted molar refractivity (Wildman–Crippen MR) is 94.9 cm³/mol. The van der Waals surface area contributed by atoms with Crippen molar-refractivity contribution in [3.63, 3.8) is 0 Å². The summed E-state index contributed by atoms with van der Waals surface area (Å²) in [4.78, 5) is 15.2. The summed E-state index contributed by atoms with van der Waals surface area (Å²) in [6, 6.07) is 4.55. The number of fused-ring (bicyclic) bond motifs is 1. The van der Waals surface area contributed by atoms with Gasteiger partial charge in [-0.15, -0.1) is 11.3 Å². The van der Waals surface area contributed by atoms with E-state index in [1.54, 1.807) is 24.0 Å². The third-order valence-corrected chi connectivity index (χ3v) is 7.47. The van der Waals surface area contributed by atoms with Crippen molar-refractivity contribution in [1.29, 1.82) is 0 Å². The Morgan fingerprint density at radius 1 is 1.42 bits per heavy atom. The molecule has 1 aliphatic rings. The molecule has 1 aromatic carbocycles. The molecule has 1 aromatic heterocycles. The lowest BCUT2D eigenvalue weighted by atomic mass is 10.1. The van der Waals surface area contributed by atoms with Gasteiger partial charge in [-0.3, -0.25) is 4.79 Å². The average molecular weight is 369 g/mol. The van der Waals surface area contributed by atoms with Crippen LogP contribution in [0.2, 0.25) is 0 Å². The summed E-state index contributed by atoms with van der Waals surface area (Å²) in [7, 11) is -3.07. The van der Waals surface area contributed by atoms with Gasteiger partial charge in [0.05, 0.1) is 16.4 Å². The van der Waals surface area contributed by atoms with Crippen molar-refractivity contribution in [3.05, 3.63) is 34.5 Å². The van der Waals surface area contributed by atoms with Gasteiger partial charge in [-0.1, -0.05) is 13.0 Å². The van der Waals surface area contributed by atoms with Gasteiger partial charge in [-0.25, -0.2) is 12.8 Å². The molecule has 2 heterocycles. The zero-order chi connectivity index (χ0) is 17.5. The number of benzene rings is 1. The number of rotatable bonds is 4. The highest BCUT2D eigenvalue weighted by Gasteiger charge is 2.35. The Hall–Kier alpha value is -1.47. The number of halogens is 1. The summed E-state index contributed by atoms with van der Waals surface area (Å²) in [6.45, 7) is 4.22. The summed E-state index contributed by atoms with van der Waals surface area (Å²) >= 11 is 1.28. The van der Waals surface area contributed by atoms with Crippen molar-refractivity contribution < 1.29 is 17.6 Å². The summed E-state index contributed by atoms with van der Waals surface area (Å²) in [5.41, 5.74) is 0.639. The number of amides is 1. The van der Waals surface area contributed by atoms with E-state index >= 15 is 0 Å². The van der Waals surface area contributed by atoms with E-state index in [1.807, 2.05) is 6.92 Å². The van der Waals surface area contributed by atoms with Crippen LogP contribution in [0.15, 0.2) is 18.2 Å². The van der Waals surface area contributed by atoms with E-state index in [0.29, 0.717) is 28.8 Å². The Bertz CT molecular complexity index is 889.